The summed E-state index contributed by atoms with van der Waals surface area (Å²) in [5.74, 6) is 0.427. The van der Waals surface area contributed by atoms with Gasteiger partial charge in [-0.15, -0.1) is 11.8 Å². The van der Waals surface area contributed by atoms with E-state index in [4.69, 9.17) is 4.74 Å². The van der Waals surface area contributed by atoms with Crippen LogP contribution in [0.15, 0.2) is 60.7 Å². The van der Waals surface area contributed by atoms with Crippen molar-refractivity contribution in [2.45, 2.75) is 73.9 Å². The van der Waals surface area contributed by atoms with Crippen molar-refractivity contribution in [3.8, 4) is 0 Å². The summed E-state index contributed by atoms with van der Waals surface area (Å²) >= 11 is 2.24. The summed E-state index contributed by atoms with van der Waals surface area (Å²) < 4.78 is 6.76. The van der Waals surface area contributed by atoms with Crippen LogP contribution in [0.25, 0.3) is 0 Å². The first-order valence-electron chi connectivity index (χ1n) is 11.2. The van der Waals surface area contributed by atoms with E-state index in [0.29, 0.717) is 5.92 Å². The van der Waals surface area contributed by atoms with Gasteiger partial charge in [-0.1, -0.05) is 79.9 Å². The SMILES string of the molecule is c1ccc(C(c2ccccc2)C23CCCC2(SC2CCCCC2)OCC3)cc1. The van der Waals surface area contributed by atoms with Crippen molar-refractivity contribution in [2.75, 3.05) is 6.61 Å². The largest absolute Gasteiger partial charge is 0.364 e. The minimum absolute atomic E-state index is 0.00531. The van der Waals surface area contributed by atoms with Crippen molar-refractivity contribution in [3.05, 3.63) is 71.8 Å². The summed E-state index contributed by atoms with van der Waals surface area (Å²) in [5, 5.41) is 0.788. The first-order chi connectivity index (χ1) is 13.8. The molecule has 1 heterocycles. The molecule has 5 rings (SSSR count). The van der Waals surface area contributed by atoms with E-state index in [0.717, 1.165) is 11.9 Å². The molecule has 0 amide bonds. The number of fused-ring (bicyclic) bond motifs is 1. The second kappa shape index (κ2) is 7.88. The van der Waals surface area contributed by atoms with Gasteiger partial charge in [0.1, 0.15) is 4.93 Å². The number of hydrogen-bond donors (Lipinski definition) is 0. The molecule has 2 saturated carbocycles. The van der Waals surface area contributed by atoms with Gasteiger partial charge in [-0.05, 0) is 49.7 Å². The highest BCUT2D eigenvalue weighted by molar-refractivity contribution is 8.01. The summed E-state index contributed by atoms with van der Waals surface area (Å²) in [6, 6.07) is 22.5. The zero-order valence-corrected chi connectivity index (χ0v) is 17.6. The van der Waals surface area contributed by atoms with Crippen LogP contribution in [-0.4, -0.2) is 16.8 Å². The van der Waals surface area contributed by atoms with Crippen molar-refractivity contribution in [2.24, 2.45) is 5.41 Å². The Kier molecular flexibility index (Phi) is 5.28. The summed E-state index contributed by atoms with van der Waals surface area (Å²) in [4.78, 5) is 0.00531. The fraction of sp³-hybridized carbons (Fsp3) is 0.538. The van der Waals surface area contributed by atoms with Gasteiger partial charge in [0.05, 0.1) is 0 Å². The number of hydrogen-bond acceptors (Lipinski definition) is 2. The van der Waals surface area contributed by atoms with Crippen LogP contribution in [-0.2, 0) is 4.74 Å². The first kappa shape index (κ1) is 18.8. The molecule has 0 spiro atoms. The van der Waals surface area contributed by atoms with Gasteiger partial charge in [0.15, 0.2) is 0 Å². The highest BCUT2D eigenvalue weighted by Gasteiger charge is 2.64. The monoisotopic (exact) mass is 392 g/mol. The van der Waals surface area contributed by atoms with Gasteiger partial charge in [-0.2, -0.15) is 0 Å². The molecule has 3 aliphatic rings. The van der Waals surface area contributed by atoms with Gasteiger partial charge in [0.2, 0.25) is 0 Å². The predicted octanol–water partition coefficient (Wildman–Crippen LogP) is 7.17. The third-order valence-electron chi connectivity index (χ3n) is 7.50. The van der Waals surface area contributed by atoms with Crippen LogP contribution in [0.5, 0.6) is 0 Å². The molecule has 2 aromatic carbocycles. The first-order valence-corrected chi connectivity index (χ1v) is 12.1. The van der Waals surface area contributed by atoms with E-state index < -0.39 is 0 Å². The lowest BCUT2D eigenvalue weighted by molar-refractivity contribution is 0.0299. The van der Waals surface area contributed by atoms with Crippen LogP contribution in [0.3, 0.4) is 0 Å². The van der Waals surface area contributed by atoms with Crippen molar-refractivity contribution in [1.82, 2.24) is 0 Å². The van der Waals surface area contributed by atoms with Gasteiger partial charge >= 0.3 is 0 Å². The van der Waals surface area contributed by atoms with Gasteiger partial charge in [-0.3, -0.25) is 0 Å². The highest BCUT2D eigenvalue weighted by atomic mass is 32.2. The second-order valence-corrected chi connectivity index (χ2v) is 10.6. The Bertz CT molecular complexity index is 716. The van der Waals surface area contributed by atoms with Gasteiger partial charge < -0.3 is 4.74 Å². The van der Waals surface area contributed by atoms with Gasteiger partial charge in [0.25, 0.3) is 0 Å². The molecular weight excluding hydrogens is 360 g/mol. The maximum absolute atomic E-state index is 6.76. The number of thioether (sulfide) groups is 1. The molecule has 1 saturated heterocycles. The molecule has 0 aromatic heterocycles. The zero-order valence-electron chi connectivity index (χ0n) is 16.8. The molecule has 2 atom stereocenters. The summed E-state index contributed by atoms with van der Waals surface area (Å²) in [7, 11) is 0. The summed E-state index contributed by atoms with van der Waals surface area (Å²) in [6.07, 6.45) is 12.0. The van der Waals surface area contributed by atoms with E-state index in [1.165, 1.54) is 68.9 Å². The molecule has 3 fully saturated rings. The lowest BCUT2D eigenvalue weighted by atomic mass is 9.65. The zero-order chi connectivity index (χ0) is 18.9. The standard InChI is InChI=1S/C26H32OS/c1-4-11-21(12-5-1)24(22-13-6-2-7-14-22)25-17-10-18-26(25,27-20-19-25)28-23-15-8-3-9-16-23/h1-2,4-7,11-14,23-24H,3,8-10,15-20H2. The lowest BCUT2D eigenvalue weighted by Crippen LogP contribution is -2.44. The highest BCUT2D eigenvalue weighted by Crippen LogP contribution is 2.68. The molecule has 2 unspecified atom stereocenters. The van der Waals surface area contributed by atoms with Crippen LogP contribution >= 0.6 is 11.8 Å². The molecule has 0 bridgehead atoms. The molecule has 0 N–H and O–H groups in total. The van der Waals surface area contributed by atoms with E-state index in [2.05, 4.69) is 72.4 Å². The Morgan fingerprint density at radius 3 is 2.04 bits per heavy atom. The second-order valence-electron chi connectivity index (χ2n) is 8.99. The molecule has 1 aliphatic heterocycles. The topological polar surface area (TPSA) is 9.23 Å². The summed E-state index contributed by atoms with van der Waals surface area (Å²) in [6.45, 7) is 0.926. The maximum Gasteiger partial charge on any atom is 0.120 e. The molecule has 28 heavy (non-hydrogen) atoms. The number of rotatable bonds is 5. The van der Waals surface area contributed by atoms with Crippen molar-refractivity contribution in [3.63, 3.8) is 0 Å². The number of ether oxygens (including phenoxy) is 1. The fourth-order valence-electron chi connectivity index (χ4n) is 6.30. The van der Waals surface area contributed by atoms with Crippen LogP contribution < -0.4 is 0 Å². The predicted molar refractivity (Wildman–Crippen MR) is 119 cm³/mol. The Hall–Kier alpha value is -1.25. The molecule has 2 aliphatic carbocycles. The maximum atomic E-state index is 6.76. The van der Waals surface area contributed by atoms with E-state index >= 15 is 0 Å². The Morgan fingerprint density at radius 2 is 1.39 bits per heavy atom. The Labute approximate surface area is 174 Å². The van der Waals surface area contributed by atoms with Crippen molar-refractivity contribution in [1.29, 1.82) is 0 Å². The number of benzene rings is 2. The Morgan fingerprint density at radius 1 is 0.750 bits per heavy atom. The third-order valence-corrected chi connectivity index (χ3v) is 9.41. The van der Waals surface area contributed by atoms with Crippen LogP contribution in [0.4, 0.5) is 0 Å². The van der Waals surface area contributed by atoms with Crippen molar-refractivity contribution < 1.29 is 4.74 Å². The van der Waals surface area contributed by atoms with Crippen LogP contribution in [0.1, 0.15) is 74.8 Å². The lowest BCUT2D eigenvalue weighted by Gasteiger charge is -2.46. The van der Waals surface area contributed by atoms with Gasteiger partial charge in [0, 0.05) is 23.2 Å². The van der Waals surface area contributed by atoms with Crippen LogP contribution in [0.2, 0.25) is 0 Å². The van der Waals surface area contributed by atoms with Crippen LogP contribution in [0, 0.1) is 5.41 Å². The van der Waals surface area contributed by atoms with E-state index in [1.54, 1.807) is 0 Å². The molecule has 0 radical (unpaired) electrons. The fourth-order valence-corrected chi connectivity index (χ4v) is 8.38. The third kappa shape index (κ3) is 3.13. The Balaban J connectivity index is 1.58. The average molecular weight is 393 g/mol. The molecular formula is C26H32OS. The van der Waals surface area contributed by atoms with Gasteiger partial charge in [-0.25, -0.2) is 0 Å². The summed E-state index contributed by atoms with van der Waals surface area (Å²) in [5.41, 5.74) is 3.15. The van der Waals surface area contributed by atoms with Crippen molar-refractivity contribution >= 4 is 11.8 Å². The molecule has 148 valence electrons. The van der Waals surface area contributed by atoms with E-state index in [1.807, 2.05) is 0 Å². The molecule has 1 nitrogen and oxygen atoms in total. The van der Waals surface area contributed by atoms with E-state index in [9.17, 15) is 0 Å². The normalized spacial score (nSPS) is 30.6. The average Bonchev–Trinajstić information content (AvgIpc) is 3.25. The molecule has 2 heteroatoms. The molecule has 2 aromatic rings. The quantitative estimate of drug-likeness (QED) is 0.533. The smallest absolute Gasteiger partial charge is 0.120 e. The minimum Gasteiger partial charge on any atom is -0.364 e. The minimum atomic E-state index is 0.00531. The van der Waals surface area contributed by atoms with E-state index in [-0.39, 0.29) is 10.3 Å².